The smallest absolute Gasteiger partial charge is 0.308 e. The summed E-state index contributed by atoms with van der Waals surface area (Å²) in [5.74, 6) is 1.06. The number of halogens is 1. The Bertz CT molecular complexity index is 162. The van der Waals surface area contributed by atoms with Gasteiger partial charge in [0.15, 0.2) is 0 Å². The summed E-state index contributed by atoms with van der Waals surface area (Å²) < 4.78 is 6.24. The first-order chi connectivity index (χ1) is 6.27. The zero-order valence-corrected chi connectivity index (χ0v) is 10.2. The molecule has 1 aliphatic rings. The number of ether oxygens (including phenoxy) is 1. The lowest BCUT2D eigenvalue weighted by Gasteiger charge is -2.25. The molecule has 13 heavy (non-hydrogen) atoms. The van der Waals surface area contributed by atoms with Gasteiger partial charge in [-0.1, -0.05) is 22.6 Å². The van der Waals surface area contributed by atoms with Crippen molar-refractivity contribution in [1.82, 2.24) is 0 Å². The quantitative estimate of drug-likeness (QED) is 0.455. The van der Waals surface area contributed by atoms with E-state index in [2.05, 4.69) is 22.6 Å². The van der Waals surface area contributed by atoms with Gasteiger partial charge in [-0.15, -0.1) is 0 Å². The first-order valence-electron chi connectivity index (χ1n) is 5.00. The standard InChI is InChI=1S/C10H17IO2/c1-2-13-10(12)9-5-3-8(7-11)4-6-9/h8-9H,2-7H2,1H3. The molecule has 3 heteroatoms. The predicted octanol–water partition coefficient (Wildman–Crippen LogP) is 2.79. The Labute approximate surface area is 93.6 Å². The number of hydrogen-bond acceptors (Lipinski definition) is 2. The van der Waals surface area contributed by atoms with Crippen LogP contribution in [-0.2, 0) is 9.53 Å². The highest BCUT2D eigenvalue weighted by atomic mass is 127. The molecule has 0 unspecified atom stereocenters. The Morgan fingerprint density at radius 2 is 2.00 bits per heavy atom. The molecule has 1 fully saturated rings. The lowest BCUT2D eigenvalue weighted by molar-refractivity contribution is -0.149. The minimum Gasteiger partial charge on any atom is -0.466 e. The van der Waals surface area contributed by atoms with Gasteiger partial charge in [0.05, 0.1) is 12.5 Å². The molecule has 76 valence electrons. The van der Waals surface area contributed by atoms with Gasteiger partial charge < -0.3 is 4.74 Å². The Morgan fingerprint density at radius 1 is 1.38 bits per heavy atom. The molecule has 0 amide bonds. The summed E-state index contributed by atoms with van der Waals surface area (Å²) in [6.45, 7) is 2.39. The second-order valence-corrected chi connectivity index (χ2v) is 4.50. The van der Waals surface area contributed by atoms with Crippen LogP contribution in [0.1, 0.15) is 32.6 Å². The molecule has 1 saturated carbocycles. The number of hydrogen-bond donors (Lipinski definition) is 0. The average molecular weight is 296 g/mol. The number of carbonyl (C=O) groups is 1. The van der Waals surface area contributed by atoms with Crippen molar-refractivity contribution in [2.24, 2.45) is 11.8 Å². The summed E-state index contributed by atoms with van der Waals surface area (Å²) in [4.78, 5) is 11.4. The number of rotatable bonds is 3. The molecule has 1 rings (SSSR count). The van der Waals surface area contributed by atoms with Gasteiger partial charge in [0, 0.05) is 4.43 Å². The maximum atomic E-state index is 11.4. The van der Waals surface area contributed by atoms with Crippen LogP contribution >= 0.6 is 22.6 Å². The first kappa shape index (κ1) is 11.3. The molecule has 0 aromatic heterocycles. The van der Waals surface area contributed by atoms with E-state index in [4.69, 9.17) is 4.74 Å². The van der Waals surface area contributed by atoms with Gasteiger partial charge in [0.1, 0.15) is 0 Å². The maximum Gasteiger partial charge on any atom is 0.308 e. The Morgan fingerprint density at radius 3 is 2.46 bits per heavy atom. The van der Waals surface area contributed by atoms with Crippen LogP contribution < -0.4 is 0 Å². The van der Waals surface area contributed by atoms with Gasteiger partial charge in [-0.3, -0.25) is 4.79 Å². The Balaban J connectivity index is 2.28. The third-order valence-corrected chi connectivity index (χ3v) is 3.93. The van der Waals surface area contributed by atoms with E-state index >= 15 is 0 Å². The molecule has 2 nitrogen and oxygen atoms in total. The highest BCUT2D eigenvalue weighted by molar-refractivity contribution is 14.1. The van der Waals surface area contributed by atoms with Crippen LogP contribution in [0.4, 0.5) is 0 Å². The van der Waals surface area contributed by atoms with Gasteiger partial charge in [-0.2, -0.15) is 0 Å². The maximum absolute atomic E-state index is 11.4. The fourth-order valence-corrected chi connectivity index (χ4v) is 2.69. The fourth-order valence-electron chi connectivity index (χ4n) is 1.81. The van der Waals surface area contributed by atoms with E-state index in [0.717, 1.165) is 18.8 Å². The molecule has 0 saturated heterocycles. The molecule has 1 aliphatic carbocycles. The number of alkyl halides is 1. The molecule has 0 aromatic rings. The molecule has 0 aliphatic heterocycles. The summed E-state index contributed by atoms with van der Waals surface area (Å²) in [7, 11) is 0. The minimum atomic E-state index is 0.0226. The summed E-state index contributed by atoms with van der Waals surface area (Å²) in [5, 5.41) is 0. The molecule has 0 bridgehead atoms. The van der Waals surface area contributed by atoms with E-state index in [9.17, 15) is 4.79 Å². The van der Waals surface area contributed by atoms with Crippen LogP contribution in [0.25, 0.3) is 0 Å². The molecule has 0 radical (unpaired) electrons. The van der Waals surface area contributed by atoms with Gasteiger partial charge in [0.25, 0.3) is 0 Å². The van der Waals surface area contributed by atoms with Crippen LogP contribution in [0.15, 0.2) is 0 Å². The van der Waals surface area contributed by atoms with Crippen LogP contribution in [0.3, 0.4) is 0 Å². The van der Waals surface area contributed by atoms with E-state index in [1.165, 1.54) is 17.3 Å². The van der Waals surface area contributed by atoms with Gasteiger partial charge in [-0.05, 0) is 38.5 Å². The zero-order chi connectivity index (χ0) is 9.68. The van der Waals surface area contributed by atoms with Crippen molar-refractivity contribution in [1.29, 1.82) is 0 Å². The van der Waals surface area contributed by atoms with Crippen molar-refractivity contribution >= 4 is 28.6 Å². The SMILES string of the molecule is CCOC(=O)C1CCC(CI)CC1. The lowest BCUT2D eigenvalue weighted by atomic mass is 9.83. The van der Waals surface area contributed by atoms with Crippen LogP contribution in [0.5, 0.6) is 0 Å². The van der Waals surface area contributed by atoms with E-state index in [1.807, 2.05) is 6.92 Å². The topological polar surface area (TPSA) is 26.3 Å². The van der Waals surface area contributed by atoms with Crippen molar-refractivity contribution < 1.29 is 9.53 Å². The van der Waals surface area contributed by atoms with Crippen molar-refractivity contribution in [2.45, 2.75) is 32.6 Å². The zero-order valence-electron chi connectivity index (χ0n) is 8.09. The van der Waals surface area contributed by atoms with Crippen LogP contribution in [0.2, 0.25) is 0 Å². The van der Waals surface area contributed by atoms with E-state index < -0.39 is 0 Å². The average Bonchev–Trinajstić information content (AvgIpc) is 2.18. The predicted molar refractivity (Wildman–Crippen MR) is 61.0 cm³/mol. The summed E-state index contributed by atoms with van der Waals surface area (Å²) >= 11 is 2.43. The Hall–Kier alpha value is 0.200. The summed E-state index contributed by atoms with van der Waals surface area (Å²) in [5.41, 5.74) is 0. The number of carbonyl (C=O) groups excluding carboxylic acids is 1. The minimum absolute atomic E-state index is 0.0226. The highest BCUT2D eigenvalue weighted by Crippen LogP contribution is 2.30. The molecule has 0 N–H and O–H groups in total. The van der Waals surface area contributed by atoms with E-state index in [1.54, 1.807) is 0 Å². The first-order valence-corrected chi connectivity index (χ1v) is 6.53. The normalized spacial score (nSPS) is 28.5. The Kier molecular flexibility index (Phi) is 5.06. The monoisotopic (exact) mass is 296 g/mol. The second-order valence-electron chi connectivity index (χ2n) is 3.62. The van der Waals surface area contributed by atoms with Crippen molar-refractivity contribution in [3.63, 3.8) is 0 Å². The van der Waals surface area contributed by atoms with Gasteiger partial charge >= 0.3 is 5.97 Å². The lowest BCUT2D eigenvalue weighted by Crippen LogP contribution is -2.24. The van der Waals surface area contributed by atoms with Crippen molar-refractivity contribution in [2.75, 3.05) is 11.0 Å². The fraction of sp³-hybridized carbons (Fsp3) is 0.900. The summed E-state index contributed by atoms with van der Waals surface area (Å²) in [6.07, 6.45) is 4.47. The number of esters is 1. The molecule has 0 heterocycles. The van der Waals surface area contributed by atoms with Crippen LogP contribution in [-0.4, -0.2) is 17.0 Å². The third-order valence-electron chi connectivity index (χ3n) is 2.68. The molecule has 0 spiro atoms. The van der Waals surface area contributed by atoms with Crippen LogP contribution in [0, 0.1) is 11.8 Å². The third kappa shape index (κ3) is 3.44. The van der Waals surface area contributed by atoms with Crippen molar-refractivity contribution in [3.05, 3.63) is 0 Å². The van der Waals surface area contributed by atoms with Crippen molar-refractivity contribution in [3.8, 4) is 0 Å². The highest BCUT2D eigenvalue weighted by Gasteiger charge is 2.26. The molecular formula is C10H17IO2. The molecular weight excluding hydrogens is 279 g/mol. The molecule has 0 atom stereocenters. The van der Waals surface area contributed by atoms with Gasteiger partial charge in [0.2, 0.25) is 0 Å². The summed E-state index contributed by atoms with van der Waals surface area (Å²) in [6, 6.07) is 0. The molecule has 0 aromatic carbocycles. The van der Waals surface area contributed by atoms with Gasteiger partial charge in [-0.25, -0.2) is 0 Å². The van der Waals surface area contributed by atoms with E-state index in [0.29, 0.717) is 6.61 Å². The largest absolute Gasteiger partial charge is 0.466 e. The van der Waals surface area contributed by atoms with E-state index in [-0.39, 0.29) is 11.9 Å². The second kappa shape index (κ2) is 5.83.